The number of aromatic nitrogens is 3. The SMILES string of the molecule is CCCSc1nc2n(n1)C(c1ccc(OCCC(C)C)c(OC)c1)C(C(=O)Nc1cccc(C)c1)=C(C)N2. The molecule has 2 heterocycles. The Labute approximate surface area is 229 Å². The number of nitrogens with zero attached hydrogens (tertiary/aromatic N) is 3. The topological polar surface area (TPSA) is 90.3 Å². The predicted octanol–water partition coefficient (Wildman–Crippen LogP) is 6.45. The van der Waals surface area contributed by atoms with Crippen molar-refractivity contribution < 1.29 is 14.3 Å². The van der Waals surface area contributed by atoms with Crippen molar-refractivity contribution in [2.45, 2.75) is 58.7 Å². The molecule has 1 aliphatic heterocycles. The van der Waals surface area contributed by atoms with Gasteiger partial charge in [-0.1, -0.05) is 50.7 Å². The number of nitrogens with one attached hydrogen (secondary N) is 2. The maximum atomic E-state index is 13.8. The van der Waals surface area contributed by atoms with E-state index in [0.717, 1.165) is 41.1 Å². The number of aryl methyl sites for hydroxylation is 1. The number of anilines is 2. The number of hydrogen-bond acceptors (Lipinski definition) is 7. The molecule has 1 atom stereocenters. The highest BCUT2D eigenvalue weighted by Crippen LogP contribution is 2.40. The second kappa shape index (κ2) is 12.4. The molecular weight excluding hydrogens is 498 g/mol. The molecule has 0 aliphatic carbocycles. The van der Waals surface area contributed by atoms with Gasteiger partial charge in [0, 0.05) is 17.1 Å². The first-order valence-electron chi connectivity index (χ1n) is 13.1. The number of hydrogen-bond donors (Lipinski definition) is 2. The summed E-state index contributed by atoms with van der Waals surface area (Å²) in [6, 6.07) is 13.1. The maximum absolute atomic E-state index is 13.8. The van der Waals surface area contributed by atoms with Gasteiger partial charge in [-0.15, -0.1) is 5.10 Å². The Morgan fingerprint density at radius 3 is 2.71 bits per heavy atom. The van der Waals surface area contributed by atoms with Gasteiger partial charge in [0.15, 0.2) is 11.5 Å². The molecule has 0 fully saturated rings. The molecule has 0 spiro atoms. The van der Waals surface area contributed by atoms with Crippen LogP contribution < -0.4 is 20.1 Å². The minimum Gasteiger partial charge on any atom is -0.493 e. The number of carbonyl (C=O) groups excluding carboxylic acids is 1. The average Bonchev–Trinajstić information content (AvgIpc) is 3.28. The van der Waals surface area contributed by atoms with Crippen LogP contribution in [-0.4, -0.2) is 40.1 Å². The van der Waals surface area contributed by atoms with Crippen LogP contribution >= 0.6 is 11.8 Å². The molecule has 202 valence electrons. The van der Waals surface area contributed by atoms with E-state index >= 15 is 0 Å². The van der Waals surface area contributed by atoms with Crippen LogP contribution in [0.15, 0.2) is 58.9 Å². The summed E-state index contributed by atoms with van der Waals surface area (Å²) in [4.78, 5) is 18.5. The molecule has 1 aromatic heterocycles. The van der Waals surface area contributed by atoms with E-state index in [2.05, 4.69) is 31.4 Å². The van der Waals surface area contributed by atoms with Crippen molar-refractivity contribution in [1.29, 1.82) is 0 Å². The monoisotopic (exact) mass is 535 g/mol. The van der Waals surface area contributed by atoms with E-state index in [1.54, 1.807) is 23.6 Å². The molecule has 1 unspecified atom stereocenters. The molecule has 38 heavy (non-hydrogen) atoms. The van der Waals surface area contributed by atoms with E-state index in [1.807, 2.05) is 56.3 Å². The first kappa shape index (κ1) is 27.6. The summed E-state index contributed by atoms with van der Waals surface area (Å²) < 4.78 is 13.5. The number of ether oxygens (including phenoxy) is 2. The number of fused-ring (bicyclic) bond motifs is 1. The average molecular weight is 536 g/mol. The summed E-state index contributed by atoms with van der Waals surface area (Å²) in [6.07, 6.45) is 1.97. The number of methoxy groups -OCH3 is 1. The lowest BCUT2D eigenvalue weighted by Crippen LogP contribution is -2.31. The number of carbonyl (C=O) groups is 1. The molecule has 2 N–H and O–H groups in total. The number of allylic oxidation sites excluding steroid dienone is 1. The molecule has 0 bridgehead atoms. The van der Waals surface area contributed by atoms with Crippen LogP contribution in [0.1, 0.15) is 57.7 Å². The summed E-state index contributed by atoms with van der Waals surface area (Å²) in [5, 5.41) is 11.9. The van der Waals surface area contributed by atoms with Crippen molar-refractivity contribution in [2.75, 3.05) is 30.1 Å². The molecule has 0 saturated carbocycles. The van der Waals surface area contributed by atoms with E-state index in [4.69, 9.17) is 19.6 Å². The lowest BCUT2D eigenvalue weighted by molar-refractivity contribution is -0.113. The highest BCUT2D eigenvalue weighted by atomic mass is 32.2. The quantitative estimate of drug-likeness (QED) is 0.273. The minimum absolute atomic E-state index is 0.203. The Hall–Kier alpha value is -3.46. The molecular formula is C29H37N5O3S. The van der Waals surface area contributed by atoms with E-state index < -0.39 is 6.04 Å². The number of rotatable bonds is 11. The fourth-order valence-electron chi connectivity index (χ4n) is 4.29. The van der Waals surface area contributed by atoms with Crippen molar-refractivity contribution in [3.63, 3.8) is 0 Å². The van der Waals surface area contributed by atoms with Gasteiger partial charge in [0.05, 0.1) is 19.3 Å². The van der Waals surface area contributed by atoms with Gasteiger partial charge in [-0.25, -0.2) is 4.68 Å². The largest absolute Gasteiger partial charge is 0.493 e. The first-order chi connectivity index (χ1) is 18.3. The van der Waals surface area contributed by atoms with Gasteiger partial charge >= 0.3 is 0 Å². The van der Waals surface area contributed by atoms with Gasteiger partial charge in [0.1, 0.15) is 6.04 Å². The third-order valence-corrected chi connectivity index (χ3v) is 7.29. The van der Waals surface area contributed by atoms with Crippen molar-refractivity contribution in [3.05, 3.63) is 64.9 Å². The highest BCUT2D eigenvalue weighted by molar-refractivity contribution is 7.99. The summed E-state index contributed by atoms with van der Waals surface area (Å²) in [5.74, 6) is 3.15. The minimum atomic E-state index is -0.502. The van der Waals surface area contributed by atoms with Crippen LogP contribution in [-0.2, 0) is 4.79 Å². The summed E-state index contributed by atoms with van der Waals surface area (Å²) in [7, 11) is 1.63. The van der Waals surface area contributed by atoms with Gasteiger partial charge < -0.3 is 20.1 Å². The maximum Gasteiger partial charge on any atom is 0.255 e. The van der Waals surface area contributed by atoms with E-state index in [9.17, 15) is 4.79 Å². The van der Waals surface area contributed by atoms with Crippen molar-refractivity contribution in [1.82, 2.24) is 14.8 Å². The van der Waals surface area contributed by atoms with Crippen molar-refractivity contribution >= 4 is 29.3 Å². The third-order valence-electron chi connectivity index (χ3n) is 6.25. The second-order valence-electron chi connectivity index (χ2n) is 9.84. The molecule has 3 aromatic rings. The van der Waals surface area contributed by atoms with E-state index in [0.29, 0.717) is 40.7 Å². The van der Waals surface area contributed by atoms with Gasteiger partial charge in [-0.05, 0) is 68.0 Å². The Balaban J connectivity index is 1.74. The van der Waals surface area contributed by atoms with Crippen molar-refractivity contribution in [2.24, 2.45) is 5.92 Å². The zero-order valence-electron chi connectivity index (χ0n) is 23.0. The van der Waals surface area contributed by atoms with Crippen LogP contribution in [0.4, 0.5) is 11.6 Å². The summed E-state index contributed by atoms with van der Waals surface area (Å²) in [5.41, 5.74) is 3.95. The highest BCUT2D eigenvalue weighted by Gasteiger charge is 2.35. The zero-order chi connectivity index (χ0) is 27.2. The Morgan fingerprint density at radius 2 is 2.00 bits per heavy atom. The van der Waals surface area contributed by atoms with Crippen LogP contribution in [0.5, 0.6) is 11.5 Å². The lowest BCUT2D eigenvalue weighted by Gasteiger charge is -2.29. The lowest BCUT2D eigenvalue weighted by atomic mass is 9.94. The van der Waals surface area contributed by atoms with Crippen LogP contribution in [0.3, 0.4) is 0 Å². The van der Waals surface area contributed by atoms with Gasteiger partial charge in [-0.2, -0.15) is 4.98 Å². The van der Waals surface area contributed by atoms with Crippen molar-refractivity contribution in [3.8, 4) is 11.5 Å². The van der Waals surface area contributed by atoms with Crippen LogP contribution in [0.25, 0.3) is 0 Å². The second-order valence-corrected chi connectivity index (χ2v) is 10.9. The van der Waals surface area contributed by atoms with Crippen LogP contribution in [0.2, 0.25) is 0 Å². The molecule has 0 radical (unpaired) electrons. The normalized spacial score (nSPS) is 14.8. The molecule has 1 amide bonds. The van der Waals surface area contributed by atoms with E-state index in [1.165, 1.54) is 0 Å². The molecule has 1 aliphatic rings. The smallest absolute Gasteiger partial charge is 0.255 e. The first-order valence-corrected chi connectivity index (χ1v) is 14.0. The number of amides is 1. The van der Waals surface area contributed by atoms with E-state index in [-0.39, 0.29) is 5.91 Å². The molecule has 4 rings (SSSR count). The summed E-state index contributed by atoms with van der Waals surface area (Å²) in [6.45, 7) is 11.0. The fraction of sp³-hybridized carbons (Fsp3) is 0.414. The Bertz CT molecular complexity index is 1320. The standard InChI is InChI=1S/C29H37N5O3S/c1-7-15-38-29-32-28-30-20(5)25(27(35)31-22-10-8-9-19(4)16-22)26(34(28)33-29)21-11-12-23(24(17-21)36-6)37-14-13-18(2)3/h8-12,16-18,26H,7,13-15H2,1-6H3,(H,31,35)(H,30,32,33). The molecule has 8 nitrogen and oxygen atoms in total. The van der Waals surface area contributed by atoms with Gasteiger partial charge in [0.2, 0.25) is 11.1 Å². The number of thioether (sulfide) groups is 1. The third kappa shape index (κ3) is 6.32. The van der Waals surface area contributed by atoms with Gasteiger partial charge in [0.25, 0.3) is 5.91 Å². The van der Waals surface area contributed by atoms with Crippen LogP contribution in [0, 0.1) is 12.8 Å². The fourth-order valence-corrected chi connectivity index (χ4v) is 4.97. The summed E-state index contributed by atoms with van der Waals surface area (Å²) >= 11 is 1.60. The molecule has 2 aromatic carbocycles. The Kier molecular flexibility index (Phi) is 8.99. The molecule has 0 saturated heterocycles. The van der Waals surface area contributed by atoms with Gasteiger partial charge in [-0.3, -0.25) is 4.79 Å². The predicted molar refractivity (Wildman–Crippen MR) is 153 cm³/mol. The number of benzene rings is 2. The zero-order valence-corrected chi connectivity index (χ0v) is 23.8. The molecule has 9 heteroatoms. The Morgan fingerprint density at radius 1 is 1.18 bits per heavy atom.